The van der Waals surface area contributed by atoms with Gasteiger partial charge in [-0.25, -0.2) is 19.6 Å². The molecule has 0 atom stereocenters. The van der Waals surface area contributed by atoms with Crippen LogP contribution in [-0.2, 0) is 14.4 Å². The number of carboxylic acid groups (broad SMARTS) is 2. The van der Waals surface area contributed by atoms with Crippen LogP contribution < -0.4 is 15.5 Å². The molecule has 0 radical (unpaired) electrons. The van der Waals surface area contributed by atoms with Gasteiger partial charge in [-0.3, -0.25) is 4.79 Å². The Bertz CT molecular complexity index is 1630. The average Bonchev–Trinajstić information content (AvgIpc) is 3.01. The van der Waals surface area contributed by atoms with Crippen molar-refractivity contribution in [3.05, 3.63) is 97.7 Å². The van der Waals surface area contributed by atoms with Gasteiger partial charge in [0.15, 0.2) is 0 Å². The van der Waals surface area contributed by atoms with Gasteiger partial charge in [0, 0.05) is 72.5 Å². The van der Waals surface area contributed by atoms with Crippen LogP contribution in [0.25, 0.3) is 22.0 Å². The van der Waals surface area contributed by atoms with Crippen LogP contribution in [0.2, 0.25) is 0 Å². The van der Waals surface area contributed by atoms with Gasteiger partial charge in [0.1, 0.15) is 0 Å². The van der Waals surface area contributed by atoms with Crippen LogP contribution in [-0.4, -0.2) is 76.2 Å². The molecule has 1 aliphatic heterocycles. The molecule has 4 aromatic rings. The minimum absolute atomic E-state index is 0.243. The Balaban J connectivity index is 0.000000467. The Labute approximate surface area is 248 Å². The number of rotatable bonds is 8. The molecule has 43 heavy (non-hydrogen) atoms. The highest BCUT2D eigenvalue weighted by Gasteiger charge is 2.14. The summed E-state index contributed by atoms with van der Waals surface area (Å²) in [7, 11) is 2.16. The molecule has 0 bridgehead atoms. The minimum atomic E-state index is -1.26. The van der Waals surface area contributed by atoms with Gasteiger partial charge in [-0.15, -0.1) is 0 Å². The minimum Gasteiger partial charge on any atom is -0.478 e. The maximum atomic E-state index is 11.7. The first-order valence-electron chi connectivity index (χ1n) is 13.5. The normalized spacial score (nSPS) is 13.2. The van der Waals surface area contributed by atoms with Crippen LogP contribution in [0.4, 0.5) is 23.0 Å². The fraction of sp³-hybridized carbons (Fsp3) is 0.156. The fourth-order valence-corrected chi connectivity index (χ4v) is 4.40. The molecule has 3 aromatic carbocycles. The smallest absolute Gasteiger partial charge is 0.328 e. The van der Waals surface area contributed by atoms with Gasteiger partial charge >= 0.3 is 11.9 Å². The van der Waals surface area contributed by atoms with Crippen molar-refractivity contribution in [3.8, 4) is 11.1 Å². The summed E-state index contributed by atoms with van der Waals surface area (Å²) in [5.41, 5.74) is 5.64. The van der Waals surface area contributed by atoms with Crippen LogP contribution >= 0.6 is 0 Å². The zero-order chi connectivity index (χ0) is 30.8. The molecule has 1 aliphatic rings. The lowest BCUT2D eigenvalue weighted by molar-refractivity contribution is -0.134. The number of anilines is 4. The molecule has 220 valence electrons. The number of amides is 1. The van der Waals surface area contributed by atoms with E-state index in [4.69, 9.17) is 15.2 Å². The predicted octanol–water partition coefficient (Wildman–Crippen LogP) is 4.63. The number of likely N-dealkylation sites (N-methyl/N-ethyl adjacent to an activating group) is 1. The Morgan fingerprint density at radius 2 is 1.56 bits per heavy atom. The standard InChI is InChI=1S/C28H28N6O.C4H4O4/c1-3-26(35)30-23-8-4-6-20(18-23)25-9-5-7-21-19-29-28(32-27(21)25)31-22-10-12-24(13-11-22)34-16-14-33(2)15-17-34;5-3(6)1-2-4(7)8/h3-13,18-19H,1,14-17H2,2H3,(H,30,35)(H,29,31,32);1-2H,(H,5,6)(H,7,8). The number of piperazine rings is 1. The van der Waals surface area contributed by atoms with Crippen molar-refractivity contribution in [3.63, 3.8) is 0 Å². The zero-order valence-corrected chi connectivity index (χ0v) is 23.6. The summed E-state index contributed by atoms with van der Waals surface area (Å²) in [4.78, 5) is 44.9. The molecule has 2 heterocycles. The van der Waals surface area contributed by atoms with E-state index in [0.29, 0.717) is 23.8 Å². The highest BCUT2D eigenvalue weighted by molar-refractivity contribution is 6.00. The third-order valence-corrected chi connectivity index (χ3v) is 6.60. The average molecular weight is 581 g/mol. The van der Waals surface area contributed by atoms with E-state index in [0.717, 1.165) is 53.9 Å². The second kappa shape index (κ2) is 14.4. The lowest BCUT2D eigenvalue weighted by atomic mass is 10.0. The maximum Gasteiger partial charge on any atom is 0.328 e. The molecular formula is C32H32N6O5. The van der Waals surface area contributed by atoms with Crippen LogP contribution in [0.15, 0.2) is 97.7 Å². The molecule has 1 amide bonds. The molecule has 5 rings (SSSR count). The van der Waals surface area contributed by atoms with Crippen molar-refractivity contribution >= 4 is 51.8 Å². The van der Waals surface area contributed by atoms with E-state index in [9.17, 15) is 14.4 Å². The van der Waals surface area contributed by atoms with Crippen molar-refractivity contribution in [2.24, 2.45) is 0 Å². The summed E-state index contributed by atoms with van der Waals surface area (Å²) in [5, 5.41) is 22.7. The van der Waals surface area contributed by atoms with Crippen molar-refractivity contribution in [2.75, 3.05) is 48.8 Å². The van der Waals surface area contributed by atoms with Gasteiger partial charge in [0.25, 0.3) is 0 Å². The summed E-state index contributed by atoms with van der Waals surface area (Å²) in [6.07, 6.45) is 4.20. The molecule has 1 aromatic heterocycles. The Hall–Kier alpha value is -5.55. The Kier molecular flexibility index (Phi) is 10.2. The molecule has 4 N–H and O–H groups in total. The van der Waals surface area contributed by atoms with Gasteiger partial charge in [-0.1, -0.05) is 36.9 Å². The Morgan fingerprint density at radius 1 is 0.884 bits per heavy atom. The number of benzene rings is 3. The van der Waals surface area contributed by atoms with E-state index in [1.54, 1.807) is 0 Å². The first-order valence-corrected chi connectivity index (χ1v) is 13.5. The first kappa shape index (κ1) is 30.4. The number of aliphatic carboxylic acids is 2. The summed E-state index contributed by atoms with van der Waals surface area (Å²) < 4.78 is 0. The number of hydrogen-bond acceptors (Lipinski definition) is 8. The SMILES string of the molecule is C=CC(=O)Nc1cccc(-c2cccc3cnc(Nc4ccc(N5CCN(C)CC5)cc4)nc23)c1.O=C(O)C=CC(=O)O. The Morgan fingerprint density at radius 3 is 2.21 bits per heavy atom. The number of carboxylic acids is 2. The van der Waals surface area contributed by atoms with Crippen LogP contribution in [0, 0.1) is 0 Å². The van der Waals surface area contributed by atoms with Crippen LogP contribution in [0.1, 0.15) is 0 Å². The second-order valence-corrected chi connectivity index (χ2v) is 9.68. The maximum absolute atomic E-state index is 11.7. The number of fused-ring (bicyclic) bond motifs is 1. The number of carbonyl (C=O) groups excluding carboxylic acids is 1. The molecule has 0 spiro atoms. The van der Waals surface area contributed by atoms with E-state index in [-0.39, 0.29) is 5.91 Å². The highest BCUT2D eigenvalue weighted by Crippen LogP contribution is 2.30. The molecule has 0 aliphatic carbocycles. The summed E-state index contributed by atoms with van der Waals surface area (Å²) >= 11 is 0. The summed E-state index contributed by atoms with van der Waals surface area (Å²) in [6.45, 7) is 7.75. The lowest BCUT2D eigenvalue weighted by Gasteiger charge is -2.34. The number of para-hydroxylation sites is 1. The van der Waals surface area contributed by atoms with Gasteiger partial charge in [-0.2, -0.15) is 0 Å². The van der Waals surface area contributed by atoms with Gasteiger partial charge in [-0.05, 0) is 55.1 Å². The largest absolute Gasteiger partial charge is 0.478 e. The number of nitrogens with one attached hydrogen (secondary N) is 2. The van der Waals surface area contributed by atoms with Gasteiger partial charge in [0.05, 0.1) is 5.52 Å². The topological polar surface area (TPSA) is 148 Å². The molecule has 0 saturated carbocycles. The number of nitrogens with zero attached hydrogens (tertiary/aromatic N) is 4. The monoisotopic (exact) mass is 580 g/mol. The zero-order valence-electron chi connectivity index (χ0n) is 23.6. The third kappa shape index (κ3) is 8.72. The molecule has 1 saturated heterocycles. The molecule has 0 unspecified atom stereocenters. The van der Waals surface area contributed by atoms with E-state index in [1.165, 1.54) is 11.8 Å². The van der Waals surface area contributed by atoms with E-state index < -0.39 is 11.9 Å². The molecular weight excluding hydrogens is 548 g/mol. The van der Waals surface area contributed by atoms with Gasteiger partial charge in [0.2, 0.25) is 11.9 Å². The lowest BCUT2D eigenvalue weighted by Crippen LogP contribution is -2.44. The molecule has 11 heteroatoms. The quantitative estimate of drug-likeness (QED) is 0.218. The number of aromatic nitrogens is 2. The summed E-state index contributed by atoms with van der Waals surface area (Å²) in [6, 6.07) is 22.1. The van der Waals surface area contributed by atoms with E-state index >= 15 is 0 Å². The van der Waals surface area contributed by atoms with Crippen molar-refractivity contribution in [1.82, 2.24) is 14.9 Å². The third-order valence-electron chi connectivity index (χ3n) is 6.60. The summed E-state index contributed by atoms with van der Waals surface area (Å²) in [5.74, 6) is -2.22. The number of hydrogen-bond donors (Lipinski definition) is 4. The highest BCUT2D eigenvalue weighted by atomic mass is 16.4. The molecule has 1 fully saturated rings. The second-order valence-electron chi connectivity index (χ2n) is 9.68. The van der Waals surface area contributed by atoms with E-state index in [2.05, 4.69) is 63.3 Å². The van der Waals surface area contributed by atoms with Crippen molar-refractivity contribution in [2.45, 2.75) is 0 Å². The van der Waals surface area contributed by atoms with Crippen molar-refractivity contribution in [1.29, 1.82) is 0 Å². The first-order chi connectivity index (χ1) is 20.7. The number of carbonyl (C=O) groups is 3. The van der Waals surface area contributed by atoms with Gasteiger partial charge < -0.3 is 30.6 Å². The van der Waals surface area contributed by atoms with Crippen molar-refractivity contribution < 1.29 is 24.6 Å². The predicted molar refractivity (Wildman–Crippen MR) is 168 cm³/mol. The van der Waals surface area contributed by atoms with E-state index in [1.807, 2.05) is 48.7 Å². The molecule has 11 nitrogen and oxygen atoms in total. The van der Waals surface area contributed by atoms with Crippen LogP contribution in [0.3, 0.4) is 0 Å². The van der Waals surface area contributed by atoms with Crippen LogP contribution in [0.5, 0.6) is 0 Å². The fourth-order valence-electron chi connectivity index (χ4n) is 4.40.